The van der Waals surface area contributed by atoms with Crippen molar-refractivity contribution in [1.82, 2.24) is 20.3 Å². The van der Waals surface area contributed by atoms with E-state index < -0.39 is 27.9 Å². The summed E-state index contributed by atoms with van der Waals surface area (Å²) in [5.74, 6) is -1.71. The molecule has 1 aromatic carbocycles. The van der Waals surface area contributed by atoms with Crippen LogP contribution < -0.4 is 20.1 Å². The molecule has 0 aliphatic heterocycles. The van der Waals surface area contributed by atoms with Crippen molar-refractivity contribution in [2.24, 2.45) is 0 Å². The number of aliphatic hydroxyl groups is 1. The van der Waals surface area contributed by atoms with Crippen molar-refractivity contribution < 1.29 is 37.4 Å². The Hall–Kier alpha value is -3.26. The highest BCUT2D eigenvalue weighted by atomic mass is 35.5. The van der Waals surface area contributed by atoms with Crippen molar-refractivity contribution in [2.75, 3.05) is 32.9 Å². The molecule has 0 fully saturated rings. The first-order chi connectivity index (χ1) is 16.7. The van der Waals surface area contributed by atoms with Gasteiger partial charge in [0.25, 0.3) is 21.8 Å². The maximum Gasteiger partial charge on any atom is 0.414 e. The van der Waals surface area contributed by atoms with Gasteiger partial charge >= 0.3 is 6.09 Å². The van der Waals surface area contributed by atoms with Crippen LogP contribution in [0, 0.1) is 0 Å². The fourth-order valence-electron chi connectivity index (χ4n) is 2.57. The zero-order chi connectivity index (χ0) is 25.8. The maximum atomic E-state index is 12.7. The molecule has 2 rings (SSSR count). The van der Waals surface area contributed by atoms with E-state index in [4.69, 9.17) is 26.2 Å². The summed E-state index contributed by atoms with van der Waals surface area (Å²) in [6.07, 6.45) is 0.724. The molecule has 3 amide bonds. The summed E-state index contributed by atoms with van der Waals surface area (Å²) in [4.78, 5) is 39.7. The van der Waals surface area contributed by atoms with E-state index in [1.165, 1.54) is 18.2 Å². The molecule has 0 aliphatic rings. The number of carbonyl (C=O) groups excluding carboxylic acids is 3. The van der Waals surface area contributed by atoms with Gasteiger partial charge in [-0.05, 0) is 37.6 Å². The molecule has 0 unspecified atom stereocenters. The van der Waals surface area contributed by atoms with Crippen LogP contribution in [-0.4, -0.2) is 69.3 Å². The number of ether oxygens (including phenoxy) is 2. The summed E-state index contributed by atoms with van der Waals surface area (Å²) in [7, 11) is -4.36. The average molecular weight is 529 g/mol. The quantitative estimate of drug-likeness (QED) is 0.294. The van der Waals surface area contributed by atoms with Gasteiger partial charge in [-0.25, -0.2) is 22.9 Å². The van der Waals surface area contributed by atoms with Crippen LogP contribution in [-0.2, 0) is 14.8 Å². The predicted molar refractivity (Wildman–Crippen MR) is 125 cm³/mol. The SMILES string of the molecule is CCOCCCNC(=O)c1cc(S(=O)(=O)NC(=O)c2ccc(OC(=O)NCCO)nc2)ccc1Cl. The Labute approximate surface area is 207 Å². The molecule has 0 saturated carbocycles. The first kappa shape index (κ1) is 28.0. The van der Waals surface area contributed by atoms with Gasteiger partial charge in [0.1, 0.15) is 0 Å². The number of benzene rings is 1. The lowest BCUT2D eigenvalue weighted by molar-refractivity contribution is 0.0942. The molecule has 0 radical (unpaired) electrons. The number of halogens is 1. The third-order valence-electron chi connectivity index (χ3n) is 4.25. The molecule has 1 aromatic heterocycles. The summed E-state index contributed by atoms with van der Waals surface area (Å²) in [5.41, 5.74) is -0.195. The lowest BCUT2D eigenvalue weighted by Gasteiger charge is -2.11. The van der Waals surface area contributed by atoms with E-state index in [1.54, 1.807) is 0 Å². The number of amides is 3. The number of aromatic nitrogens is 1. The van der Waals surface area contributed by atoms with Gasteiger partial charge in [-0.1, -0.05) is 11.6 Å². The molecule has 0 aliphatic carbocycles. The Balaban J connectivity index is 2.05. The Bertz CT molecular complexity index is 1140. The summed E-state index contributed by atoms with van der Waals surface area (Å²) in [5, 5.41) is 13.6. The molecule has 4 N–H and O–H groups in total. The lowest BCUT2D eigenvalue weighted by atomic mass is 10.2. The van der Waals surface area contributed by atoms with Crippen LogP contribution >= 0.6 is 11.6 Å². The van der Waals surface area contributed by atoms with Crippen LogP contribution in [0.2, 0.25) is 5.02 Å². The monoisotopic (exact) mass is 528 g/mol. The molecule has 0 bridgehead atoms. The van der Waals surface area contributed by atoms with Gasteiger partial charge in [-0.3, -0.25) is 9.59 Å². The molecule has 0 spiro atoms. The molecular weight excluding hydrogens is 504 g/mol. The number of hydrogen-bond acceptors (Lipinski definition) is 9. The molecule has 12 nitrogen and oxygen atoms in total. The van der Waals surface area contributed by atoms with Gasteiger partial charge in [0, 0.05) is 38.6 Å². The number of rotatable bonds is 12. The number of sulfonamides is 1. The van der Waals surface area contributed by atoms with E-state index in [9.17, 15) is 22.8 Å². The minimum atomic E-state index is -4.36. The zero-order valence-corrected chi connectivity index (χ0v) is 20.3. The van der Waals surface area contributed by atoms with Gasteiger partial charge in [-0.2, -0.15) is 0 Å². The van der Waals surface area contributed by atoms with Crippen molar-refractivity contribution in [1.29, 1.82) is 0 Å². The highest BCUT2D eigenvalue weighted by molar-refractivity contribution is 7.90. The van der Waals surface area contributed by atoms with Crippen molar-refractivity contribution >= 4 is 39.5 Å². The van der Waals surface area contributed by atoms with E-state index in [2.05, 4.69) is 15.6 Å². The van der Waals surface area contributed by atoms with E-state index in [0.717, 1.165) is 18.3 Å². The summed E-state index contributed by atoms with van der Waals surface area (Å²) >= 11 is 6.06. The van der Waals surface area contributed by atoms with Crippen molar-refractivity contribution in [3.63, 3.8) is 0 Å². The maximum absolute atomic E-state index is 12.7. The van der Waals surface area contributed by atoms with Gasteiger partial charge in [-0.15, -0.1) is 0 Å². The summed E-state index contributed by atoms with van der Waals surface area (Å²) in [6, 6.07) is 5.86. The molecule has 0 atom stereocenters. The number of carbonyl (C=O) groups is 3. The second kappa shape index (κ2) is 13.6. The third kappa shape index (κ3) is 8.79. The second-order valence-electron chi connectivity index (χ2n) is 6.81. The zero-order valence-electron chi connectivity index (χ0n) is 18.7. The highest BCUT2D eigenvalue weighted by Gasteiger charge is 2.22. The minimum absolute atomic E-state index is 0.0147. The number of pyridine rings is 1. The van der Waals surface area contributed by atoms with Crippen molar-refractivity contribution in [3.05, 3.63) is 52.7 Å². The fraction of sp³-hybridized carbons (Fsp3) is 0.333. The molecular formula is C21H25ClN4O8S. The van der Waals surface area contributed by atoms with Gasteiger partial charge in [0.15, 0.2) is 0 Å². The summed E-state index contributed by atoms with van der Waals surface area (Å²) < 4.78 is 37.3. The fourth-order valence-corrected chi connectivity index (χ4v) is 3.77. The minimum Gasteiger partial charge on any atom is -0.395 e. The molecule has 190 valence electrons. The Morgan fingerprint density at radius 1 is 1.09 bits per heavy atom. The van der Waals surface area contributed by atoms with Crippen LogP contribution in [0.3, 0.4) is 0 Å². The van der Waals surface area contributed by atoms with E-state index in [-0.39, 0.29) is 40.1 Å². The molecule has 14 heteroatoms. The van der Waals surface area contributed by atoms with E-state index in [0.29, 0.717) is 26.2 Å². The predicted octanol–water partition coefficient (Wildman–Crippen LogP) is 1.09. The standard InChI is InChI=1S/C21H25ClN4O8S/c1-2-33-11-3-8-23-20(29)16-12-15(5-6-17(16)22)35(31,32)26-19(28)14-4-7-18(25-13-14)34-21(30)24-9-10-27/h4-7,12-13,27H,2-3,8-11H2,1H3,(H,23,29)(H,24,30)(H,26,28). The number of aliphatic hydroxyl groups excluding tert-OH is 1. The normalized spacial score (nSPS) is 10.9. The Morgan fingerprint density at radius 3 is 2.51 bits per heavy atom. The number of nitrogens with one attached hydrogen (secondary N) is 3. The average Bonchev–Trinajstić information content (AvgIpc) is 2.82. The Kier molecular flexibility index (Phi) is 10.9. The van der Waals surface area contributed by atoms with Crippen LogP contribution in [0.15, 0.2) is 41.4 Å². The highest BCUT2D eigenvalue weighted by Crippen LogP contribution is 2.21. The van der Waals surface area contributed by atoms with Gasteiger partial charge < -0.3 is 25.2 Å². The molecule has 35 heavy (non-hydrogen) atoms. The largest absolute Gasteiger partial charge is 0.414 e. The van der Waals surface area contributed by atoms with Crippen molar-refractivity contribution in [3.8, 4) is 5.88 Å². The second-order valence-corrected chi connectivity index (χ2v) is 8.90. The first-order valence-electron chi connectivity index (χ1n) is 10.4. The molecule has 2 aromatic rings. The number of hydrogen-bond donors (Lipinski definition) is 4. The van der Waals surface area contributed by atoms with Crippen LogP contribution in [0.25, 0.3) is 0 Å². The summed E-state index contributed by atoms with van der Waals surface area (Å²) in [6.45, 7) is 2.89. The van der Waals surface area contributed by atoms with Crippen LogP contribution in [0.4, 0.5) is 4.79 Å². The van der Waals surface area contributed by atoms with Crippen molar-refractivity contribution in [2.45, 2.75) is 18.2 Å². The molecule has 0 saturated heterocycles. The lowest BCUT2D eigenvalue weighted by Crippen LogP contribution is -2.31. The number of nitrogens with zero attached hydrogens (tertiary/aromatic N) is 1. The third-order valence-corrected chi connectivity index (χ3v) is 5.91. The Morgan fingerprint density at radius 2 is 1.86 bits per heavy atom. The van der Waals surface area contributed by atoms with Crippen LogP contribution in [0.1, 0.15) is 34.1 Å². The molecule has 1 heterocycles. The van der Waals surface area contributed by atoms with E-state index in [1.807, 2.05) is 11.6 Å². The first-order valence-corrected chi connectivity index (χ1v) is 12.3. The van der Waals surface area contributed by atoms with Crippen LogP contribution in [0.5, 0.6) is 5.88 Å². The van der Waals surface area contributed by atoms with Gasteiger partial charge in [0.2, 0.25) is 5.88 Å². The van der Waals surface area contributed by atoms with E-state index >= 15 is 0 Å². The van der Waals surface area contributed by atoms with Gasteiger partial charge in [0.05, 0.1) is 27.7 Å². The smallest absolute Gasteiger partial charge is 0.395 e. The topological polar surface area (TPSA) is 173 Å².